The molecule has 8 nitrogen and oxygen atoms in total. The van der Waals surface area contributed by atoms with E-state index < -0.39 is 0 Å². The quantitative estimate of drug-likeness (QED) is 0.0285. The lowest BCUT2D eigenvalue weighted by atomic mass is 9.97. The second kappa shape index (κ2) is 38.7. The summed E-state index contributed by atoms with van der Waals surface area (Å²) in [6.07, 6.45) is 68.3. The molecule has 0 amide bonds. The van der Waals surface area contributed by atoms with E-state index in [9.17, 15) is 0 Å². The highest BCUT2D eigenvalue weighted by Gasteiger charge is 2.20. The van der Waals surface area contributed by atoms with Crippen molar-refractivity contribution in [2.24, 2.45) is 0 Å². The zero-order valence-electron chi connectivity index (χ0n) is 60.8. The van der Waals surface area contributed by atoms with Gasteiger partial charge in [0.2, 0.25) is 0 Å². The second-order valence-electron chi connectivity index (χ2n) is 29.0. The van der Waals surface area contributed by atoms with Gasteiger partial charge in [-0.2, -0.15) is 0 Å². The molecule has 16 bridgehead atoms. The van der Waals surface area contributed by atoms with Crippen molar-refractivity contribution in [3.8, 4) is 22.3 Å². The van der Waals surface area contributed by atoms with Gasteiger partial charge < -0.3 is 19.9 Å². The summed E-state index contributed by atoms with van der Waals surface area (Å²) in [6, 6.07) is 32.0. The molecule has 98 heavy (non-hydrogen) atoms. The molecule has 0 unspecified atom stereocenters. The number of aryl methyl sites for hydroxylation is 4. The van der Waals surface area contributed by atoms with Crippen LogP contribution >= 0.6 is 0 Å². The number of rotatable bonds is 42. The molecule has 0 radical (unpaired) electrons. The van der Waals surface area contributed by atoms with E-state index >= 15 is 0 Å². The molecular weight excluding hydrogens is 1190 g/mol. The summed E-state index contributed by atoms with van der Waals surface area (Å²) in [5.74, 6) is 0. The molecule has 0 spiro atoms. The van der Waals surface area contributed by atoms with Crippen molar-refractivity contribution in [2.45, 2.75) is 285 Å². The Morgan fingerprint density at radius 2 is 0.500 bits per heavy atom. The number of nitrogens with zero attached hydrogens (tertiary/aromatic N) is 4. The number of H-pyrrole nitrogens is 4. The van der Waals surface area contributed by atoms with Gasteiger partial charge in [-0.15, -0.1) is 0 Å². The van der Waals surface area contributed by atoms with Crippen LogP contribution in [0.2, 0.25) is 0 Å². The topological polar surface area (TPSA) is 115 Å². The molecule has 4 aliphatic rings. The van der Waals surface area contributed by atoms with Crippen LogP contribution in [0.4, 0.5) is 0 Å². The zero-order chi connectivity index (χ0) is 67.4. The fourth-order valence-electron chi connectivity index (χ4n) is 15.5. The summed E-state index contributed by atoms with van der Waals surface area (Å²) in [5, 5.41) is 0. The van der Waals surface area contributed by atoms with Gasteiger partial charge in [-0.1, -0.05) is 251 Å². The number of benzene rings is 1. The molecule has 11 rings (SSSR count). The van der Waals surface area contributed by atoms with Crippen LogP contribution in [0.1, 0.15) is 327 Å². The highest BCUT2D eigenvalue weighted by molar-refractivity contribution is 5.97. The number of hydrogen-bond donors (Lipinski definition) is 4. The molecule has 4 N–H and O–H groups in total. The smallest absolute Gasteiger partial charge is 0.0737 e. The van der Waals surface area contributed by atoms with E-state index in [0.717, 1.165) is 163 Å². The van der Waals surface area contributed by atoms with E-state index in [4.69, 9.17) is 19.9 Å². The lowest BCUT2D eigenvalue weighted by Gasteiger charge is -2.10. The second-order valence-corrected chi connectivity index (χ2v) is 29.0. The number of aromatic nitrogens is 8. The van der Waals surface area contributed by atoms with Crippen LogP contribution in [0.3, 0.4) is 0 Å². The molecular formula is C90H118N8. The van der Waals surface area contributed by atoms with Gasteiger partial charge in [-0.25, -0.2) is 19.9 Å². The van der Waals surface area contributed by atoms with Crippen LogP contribution < -0.4 is 0 Å². The molecule has 4 aliphatic heterocycles. The Morgan fingerprint density at radius 1 is 0.235 bits per heavy atom. The third-order valence-corrected chi connectivity index (χ3v) is 21.1. The van der Waals surface area contributed by atoms with Crippen molar-refractivity contribution in [1.29, 1.82) is 0 Å². The summed E-state index contributed by atoms with van der Waals surface area (Å²) in [5.41, 5.74) is 26.3. The van der Waals surface area contributed by atoms with Gasteiger partial charge in [-0.05, 0) is 178 Å². The summed E-state index contributed by atoms with van der Waals surface area (Å²) in [7, 11) is 0. The van der Waals surface area contributed by atoms with Gasteiger partial charge >= 0.3 is 0 Å². The molecule has 10 heterocycles. The molecule has 0 aliphatic carbocycles. The Labute approximate surface area is 588 Å². The first-order chi connectivity index (χ1) is 48.5. The van der Waals surface area contributed by atoms with Crippen LogP contribution in [0, 0.1) is 0 Å². The number of fused-ring (bicyclic) bond motifs is 16. The first kappa shape index (κ1) is 71.7. The monoisotopic (exact) mass is 1310 g/mol. The predicted molar refractivity (Wildman–Crippen MR) is 426 cm³/mol. The maximum absolute atomic E-state index is 5.76. The van der Waals surface area contributed by atoms with Crippen LogP contribution in [0.15, 0.2) is 84.9 Å². The minimum absolute atomic E-state index is 0.952. The SMILES string of the molecule is CCCCCCCCCCCc1c2nc(c(-c3cccc(-c4c5nc(c(CCCCCCCCCCC)c6ccc(cc7nc(c(CCCCCCCCCCC)c8ccc4[nH]8)C=C7)[nH]6)C=C5)c3)c3ccc([nH]3)c(CCCCCCCCCCC)c3nc(cc4ccc1[nH]4)C=C3)C=C2. The Morgan fingerprint density at radius 3 is 0.837 bits per heavy atom. The molecule has 0 saturated heterocycles. The largest absolute Gasteiger partial charge is 0.355 e. The Balaban J connectivity index is 1.04. The van der Waals surface area contributed by atoms with E-state index in [0.29, 0.717) is 0 Å². The molecule has 1 aromatic carbocycles. The van der Waals surface area contributed by atoms with Crippen molar-refractivity contribution in [1.82, 2.24) is 39.9 Å². The van der Waals surface area contributed by atoms with Crippen molar-refractivity contribution in [3.63, 3.8) is 0 Å². The molecule has 0 saturated carbocycles. The van der Waals surface area contributed by atoms with E-state index in [2.05, 4.69) is 181 Å². The Bertz CT molecular complexity index is 3850. The normalized spacial score (nSPS) is 12.5. The molecule has 7 aromatic rings. The van der Waals surface area contributed by atoms with E-state index in [-0.39, 0.29) is 0 Å². The summed E-state index contributed by atoms with van der Waals surface area (Å²) in [4.78, 5) is 38.2. The Kier molecular flexibility index (Phi) is 28.3. The van der Waals surface area contributed by atoms with Crippen LogP contribution in [0.5, 0.6) is 0 Å². The fourth-order valence-corrected chi connectivity index (χ4v) is 15.5. The lowest BCUT2D eigenvalue weighted by Crippen LogP contribution is -1.94. The maximum atomic E-state index is 5.76. The number of aromatic amines is 4. The molecule has 518 valence electrons. The molecule has 6 aromatic heterocycles. The maximum Gasteiger partial charge on any atom is 0.0737 e. The van der Waals surface area contributed by atoms with Gasteiger partial charge in [0, 0.05) is 77.5 Å². The fraction of sp³-hybridized carbons (Fsp3) is 0.489. The van der Waals surface area contributed by atoms with Crippen LogP contribution in [0.25, 0.3) is 115 Å². The number of unbranched alkanes of at least 4 members (excludes halogenated alkanes) is 32. The first-order valence-electron chi connectivity index (χ1n) is 39.8. The van der Waals surface area contributed by atoms with E-state index in [1.807, 2.05) is 0 Å². The third kappa shape index (κ3) is 20.3. The zero-order valence-corrected chi connectivity index (χ0v) is 60.8. The summed E-state index contributed by atoms with van der Waals surface area (Å²) in [6.45, 7) is 9.22. The van der Waals surface area contributed by atoms with Crippen molar-refractivity contribution in [3.05, 3.63) is 153 Å². The summed E-state index contributed by atoms with van der Waals surface area (Å²) >= 11 is 0. The minimum atomic E-state index is 0.952. The highest BCUT2D eigenvalue weighted by Crippen LogP contribution is 2.39. The van der Waals surface area contributed by atoms with Crippen molar-refractivity contribution >= 4 is 92.7 Å². The predicted octanol–water partition coefficient (Wildman–Crippen LogP) is 27.3. The summed E-state index contributed by atoms with van der Waals surface area (Å²) < 4.78 is 0. The van der Waals surface area contributed by atoms with Gasteiger partial charge in [0.1, 0.15) is 0 Å². The van der Waals surface area contributed by atoms with Crippen molar-refractivity contribution in [2.75, 3.05) is 0 Å². The standard InChI is InChI=1S/C90H118N8/c1-5-9-13-17-21-25-29-33-37-44-73-77-52-48-69(91-77)65-70-49-53-78(92-70)74(45-38-34-30-26-22-18-14-10-6-2)82-57-61-86(96-82)89(85-60-56-81(73)95-85)67-42-41-43-68(64-67)90-87-62-58-83(97-87)75(46-39-35-31-27-23-19-15-11-7-3)79-54-50-71(93-79)66-72-51-55-80(94-72)76(84-59-63-88(90)98-84)47-40-36-32-28-24-20-16-12-8-4/h41-43,48-66,91,93,96,98H,5-40,44-47H2,1-4H3. The number of nitrogens with one attached hydrogen (secondary N) is 4. The lowest BCUT2D eigenvalue weighted by molar-refractivity contribution is 0.565. The third-order valence-electron chi connectivity index (χ3n) is 21.1. The average molecular weight is 1310 g/mol. The first-order valence-corrected chi connectivity index (χ1v) is 39.8. The van der Waals surface area contributed by atoms with Crippen LogP contribution in [-0.2, 0) is 25.7 Å². The Hall–Kier alpha value is -7.58. The average Bonchev–Trinajstić information content (AvgIpc) is 1.52. The van der Waals surface area contributed by atoms with Gasteiger partial charge in [0.05, 0.1) is 45.6 Å². The highest BCUT2D eigenvalue weighted by atomic mass is 14.8. The number of hydrogen-bond acceptors (Lipinski definition) is 4. The molecule has 0 atom stereocenters. The molecule has 0 fully saturated rings. The van der Waals surface area contributed by atoms with Gasteiger partial charge in [0.15, 0.2) is 0 Å². The van der Waals surface area contributed by atoms with Crippen molar-refractivity contribution < 1.29 is 0 Å². The minimum Gasteiger partial charge on any atom is -0.355 e. The van der Waals surface area contributed by atoms with Gasteiger partial charge in [0.25, 0.3) is 0 Å². The van der Waals surface area contributed by atoms with Gasteiger partial charge in [-0.3, -0.25) is 0 Å². The van der Waals surface area contributed by atoms with E-state index in [1.54, 1.807) is 0 Å². The van der Waals surface area contributed by atoms with Crippen LogP contribution in [-0.4, -0.2) is 39.9 Å². The van der Waals surface area contributed by atoms with E-state index in [1.165, 1.54) is 228 Å². The molecule has 8 heteroatoms.